The molecule has 0 atom stereocenters. The van der Waals surface area contributed by atoms with Crippen molar-refractivity contribution in [2.24, 2.45) is 0 Å². The van der Waals surface area contributed by atoms with E-state index in [1.165, 1.54) is 29.5 Å². The maximum absolute atomic E-state index is 10.7. The minimum absolute atomic E-state index is 0.0240. The quantitative estimate of drug-likeness (QED) is 0.587. The van der Waals surface area contributed by atoms with Gasteiger partial charge in [-0.2, -0.15) is 4.98 Å². The van der Waals surface area contributed by atoms with Gasteiger partial charge < -0.3 is 9.84 Å². The second-order valence-electron chi connectivity index (χ2n) is 4.05. The first-order valence-electron chi connectivity index (χ1n) is 5.77. The van der Waals surface area contributed by atoms with Gasteiger partial charge in [-0.05, 0) is 6.07 Å². The van der Waals surface area contributed by atoms with E-state index in [-0.39, 0.29) is 23.2 Å². The predicted molar refractivity (Wildman–Crippen MR) is 77.2 cm³/mol. The first-order valence-corrected chi connectivity index (χ1v) is 7.03. The summed E-state index contributed by atoms with van der Waals surface area (Å²) in [4.78, 5) is 15.1. The van der Waals surface area contributed by atoms with Gasteiger partial charge in [-0.1, -0.05) is 11.6 Å². The molecule has 0 aliphatic carbocycles. The predicted octanol–water partition coefficient (Wildman–Crippen LogP) is 3.24. The summed E-state index contributed by atoms with van der Waals surface area (Å²) < 4.78 is 7.28. The van der Waals surface area contributed by atoms with Crippen LogP contribution in [0.2, 0.25) is 5.02 Å². The molecule has 0 bridgehead atoms. The van der Waals surface area contributed by atoms with Crippen LogP contribution in [0.15, 0.2) is 29.8 Å². The van der Waals surface area contributed by atoms with E-state index in [0.29, 0.717) is 16.4 Å². The molecule has 0 aliphatic rings. The molecule has 0 radical (unpaired) electrons. The van der Waals surface area contributed by atoms with Crippen LogP contribution in [0, 0.1) is 10.1 Å². The molecule has 108 valence electrons. The molecule has 0 aliphatic heterocycles. The number of aliphatic hydroxyl groups excluding tert-OH is 1. The normalized spacial score (nSPS) is 11.0. The molecule has 0 saturated carbocycles. The summed E-state index contributed by atoms with van der Waals surface area (Å²) in [6.45, 7) is -0.242. The molecule has 9 heteroatoms. The van der Waals surface area contributed by atoms with Crippen LogP contribution in [0.1, 0.15) is 5.69 Å². The maximum Gasteiger partial charge on any atom is 0.288 e. The SMILES string of the molecule is O=[N+]([O-])c1ccc(Oc2nc3sccn3c2CO)cc1Cl. The van der Waals surface area contributed by atoms with Gasteiger partial charge in [-0.15, -0.1) is 11.3 Å². The highest BCUT2D eigenvalue weighted by Crippen LogP contribution is 2.32. The number of benzene rings is 1. The number of nitro groups is 1. The zero-order chi connectivity index (χ0) is 15.0. The Balaban J connectivity index is 1.96. The van der Waals surface area contributed by atoms with Gasteiger partial charge in [-0.3, -0.25) is 14.5 Å². The van der Waals surface area contributed by atoms with Crippen molar-refractivity contribution in [2.45, 2.75) is 6.61 Å². The molecule has 3 aromatic rings. The monoisotopic (exact) mass is 325 g/mol. The van der Waals surface area contributed by atoms with Crippen LogP contribution in [0.5, 0.6) is 11.6 Å². The first kappa shape index (κ1) is 13.8. The Hall–Kier alpha value is -2.16. The fraction of sp³-hybridized carbons (Fsp3) is 0.0833. The number of hydrogen-bond acceptors (Lipinski definition) is 6. The van der Waals surface area contributed by atoms with Gasteiger partial charge in [0.2, 0.25) is 5.88 Å². The van der Waals surface area contributed by atoms with Crippen LogP contribution in [-0.4, -0.2) is 19.4 Å². The lowest BCUT2D eigenvalue weighted by Gasteiger charge is -2.05. The Bertz CT molecular complexity index is 829. The molecule has 2 heterocycles. The number of thiazole rings is 1. The number of ether oxygens (including phenoxy) is 1. The van der Waals surface area contributed by atoms with Crippen molar-refractivity contribution in [1.82, 2.24) is 9.38 Å². The molecule has 1 aromatic carbocycles. The smallest absolute Gasteiger partial charge is 0.288 e. The van der Waals surface area contributed by atoms with Crippen molar-refractivity contribution in [2.75, 3.05) is 0 Å². The van der Waals surface area contributed by atoms with Gasteiger partial charge in [0, 0.05) is 23.7 Å². The zero-order valence-corrected chi connectivity index (χ0v) is 12.0. The summed E-state index contributed by atoms with van der Waals surface area (Å²) in [5, 5.41) is 21.9. The molecule has 0 fully saturated rings. The Morgan fingerprint density at radius 3 is 3.00 bits per heavy atom. The van der Waals surface area contributed by atoms with E-state index >= 15 is 0 Å². The van der Waals surface area contributed by atoms with Gasteiger partial charge in [0.05, 0.1) is 11.5 Å². The van der Waals surface area contributed by atoms with Crippen LogP contribution in [0.4, 0.5) is 5.69 Å². The zero-order valence-electron chi connectivity index (χ0n) is 10.4. The second kappa shape index (κ2) is 5.32. The van der Waals surface area contributed by atoms with E-state index in [1.807, 2.05) is 5.38 Å². The van der Waals surface area contributed by atoms with E-state index in [4.69, 9.17) is 16.3 Å². The van der Waals surface area contributed by atoms with Crippen molar-refractivity contribution in [3.8, 4) is 11.6 Å². The van der Waals surface area contributed by atoms with Crippen LogP contribution in [-0.2, 0) is 6.61 Å². The highest BCUT2D eigenvalue weighted by atomic mass is 35.5. The number of imidazole rings is 1. The van der Waals surface area contributed by atoms with Crippen LogP contribution < -0.4 is 4.74 Å². The summed E-state index contributed by atoms with van der Waals surface area (Å²) in [6.07, 6.45) is 1.77. The average molecular weight is 326 g/mol. The van der Waals surface area contributed by atoms with E-state index < -0.39 is 4.92 Å². The average Bonchev–Trinajstić information content (AvgIpc) is 2.98. The summed E-state index contributed by atoms with van der Waals surface area (Å²) in [7, 11) is 0. The standard InChI is InChI=1S/C12H8ClN3O4S/c13-8-5-7(1-2-9(8)16(18)19)20-11-10(6-17)15-3-4-21-12(15)14-11/h1-5,17H,6H2. The number of rotatable bonds is 4. The van der Waals surface area contributed by atoms with Gasteiger partial charge in [0.1, 0.15) is 16.5 Å². The molecule has 2 aromatic heterocycles. The number of aliphatic hydroxyl groups is 1. The number of hydrogen-bond donors (Lipinski definition) is 1. The molecule has 0 unspecified atom stereocenters. The summed E-state index contributed by atoms with van der Waals surface area (Å²) in [5.41, 5.74) is 0.304. The van der Waals surface area contributed by atoms with Gasteiger partial charge in [-0.25, -0.2) is 0 Å². The van der Waals surface area contributed by atoms with E-state index in [9.17, 15) is 15.2 Å². The number of nitrogens with zero attached hydrogens (tertiary/aromatic N) is 3. The topological polar surface area (TPSA) is 89.9 Å². The van der Waals surface area contributed by atoms with Gasteiger partial charge in [0.25, 0.3) is 5.69 Å². The van der Waals surface area contributed by atoms with Crippen molar-refractivity contribution in [3.63, 3.8) is 0 Å². The van der Waals surface area contributed by atoms with Gasteiger partial charge in [0.15, 0.2) is 4.96 Å². The third-order valence-electron chi connectivity index (χ3n) is 2.80. The lowest BCUT2D eigenvalue weighted by atomic mass is 10.3. The highest BCUT2D eigenvalue weighted by Gasteiger charge is 2.17. The Morgan fingerprint density at radius 2 is 2.33 bits per heavy atom. The van der Waals surface area contributed by atoms with Crippen LogP contribution in [0.25, 0.3) is 4.96 Å². The third kappa shape index (κ3) is 2.44. The highest BCUT2D eigenvalue weighted by molar-refractivity contribution is 7.15. The van der Waals surface area contributed by atoms with Crippen molar-refractivity contribution < 1.29 is 14.8 Å². The third-order valence-corrected chi connectivity index (χ3v) is 3.86. The number of aromatic nitrogens is 2. The largest absolute Gasteiger partial charge is 0.437 e. The molecule has 0 amide bonds. The van der Waals surface area contributed by atoms with Crippen molar-refractivity contribution in [3.05, 3.63) is 50.6 Å². The summed E-state index contributed by atoms with van der Waals surface area (Å²) >= 11 is 7.23. The Kier molecular flexibility index (Phi) is 3.50. The Morgan fingerprint density at radius 1 is 1.52 bits per heavy atom. The number of halogens is 1. The molecular formula is C12H8ClN3O4S. The molecule has 3 rings (SSSR count). The van der Waals surface area contributed by atoms with Gasteiger partial charge >= 0.3 is 0 Å². The first-order chi connectivity index (χ1) is 10.1. The van der Waals surface area contributed by atoms with Crippen molar-refractivity contribution in [1.29, 1.82) is 0 Å². The number of nitro benzene ring substituents is 1. The molecule has 0 spiro atoms. The maximum atomic E-state index is 10.7. The summed E-state index contributed by atoms with van der Waals surface area (Å²) in [6, 6.07) is 4.03. The molecule has 21 heavy (non-hydrogen) atoms. The lowest BCUT2D eigenvalue weighted by molar-refractivity contribution is -0.384. The van der Waals surface area contributed by atoms with Crippen LogP contribution >= 0.6 is 22.9 Å². The fourth-order valence-corrected chi connectivity index (χ4v) is 2.81. The fourth-order valence-electron chi connectivity index (χ4n) is 1.85. The van der Waals surface area contributed by atoms with E-state index in [0.717, 1.165) is 0 Å². The number of fused-ring (bicyclic) bond motifs is 1. The summed E-state index contributed by atoms with van der Waals surface area (Å²) in [5.74, 6) is 0.556. The lowest BCUT2D eigenvalue weighted by Crippen LogP contribution is -1.94. The Labute approximate surface area is 127 Å². The van der Waals surface area contributed by atoms with E-state index in [1.54, 1.807) is 10.6 Å². The molecule has 7 nitrogen and oxygen atoms in total. The van der Waals surface area contributed by atoms with E-state index in [2.05, 4.69) is 4.98 Å². The molecule has 0 saturated heterocycles. The second-order valence-corrected chi connectivity index (χ2v) is 5.33. The minimum atomic E-state index is -0.572. The van der Waals surface area contributed by atoms with Crippen LogP contribution in [0.3, 0.4) is 0 Å². The molecule has 1 N–H and O–H groups in total. The van der Waals surface area contributed by atoms with Crippen molar-refractivity contribution >= 4 is 33.6 Å². The molecular weight excluding hydrogens is 318 g/mol. The minimum Gasteiger partial charge on any atom is -0.437 e.